The van der Waals surface area contributed by atoms with Crippen LogP contribution in [0, 0.1) is 0 Å². The Morgan fingerprint density at radius 2 is 1.41 bits per heavy atom. The number of halogens is 1. The molecule has 1 atom stereocenters. The summed E-state index contributed by atoms with van der Waals surface area (Å²) in [6.45, 7) is 0. The van der Waals surface area contributed by atoms with E-state index in [0.29, 0.717) is 5.17 Å². The first-order valence-electron chi connectivity index (χ1n) is 8.62. The third kappa shape index (κ3) is 4.15. The van der Waals surface area contributed by atoms with Crippen LogP contribution in [0.3, 0.4) is 0 Å². The number of carbonyl (C=O) groups is 1. The molecule has 5 heteroatoms. The first kappa shape index (κ1) is 18.0. The number of nitrogens with zero attached hydrogens (tertiary/aromatic N) is 1. The minimum Gasteiger partial charge on any atom is -0.304 e. The molecule has 1 fully saturated rings. The van der Waals surface area contributed by atoms with Crippen molar-refractivity contribution in [2.24, 2.45) is 4.99 Å². The van der Waals surface area contributed by atoms with Gasteiger partial charge in [0.2, 0.25) is 5.91 Å². The largest absolute Gasteiger partial charge is 0.304 e. The van der Waals surface area contributed by atoms with E-state index in [4.69, 9.17) is 0 Å². The minimum atomic E-state index is -0.260. The van der Waals surface area contributed by atoms with Crippen LogP contribution in [0.1, 0.15) is 17.0 Å². The van der Waals surface area contributed by atoms with Gasteiger partial charge in [0, 0.05) is 10.4 Å². The molecule has 1 aliphatic heterocycles. The molecule has 0 spiro atoms. The number of thioether (sulfide) groups is 1. The molecule has 0 aliphatic carbocycles. The Hall–Kier alpha value is -2.37. The number of amidine groups is 1. The monoisotopic (exact) mass is 436 g/mol. The minimum absolute atomic E-state index is 0.00596. The molecule has 1 amide bonds. The highest BCUT2D eigenvalue weighted by Crippen LogP contribution is 2.38. The topological polar surface area (TPSA) is 41.5 Å². The van der Waals surface area contributed by atoms with E-state index in [2.05, 4.69) is 50.5 Å². The maximum atomic E-state index is 12.8. The number of amides is 1. The van der Waals surface area contributed by atoms with E-state index < -0.39 is 0 Å². The summed E-state index contributed by atoms with van der Waals surface area (Å²) in [7, 11) is 0. The van der Waals surface area contributed by atoms with Gasteiger partial charge in [-0.2, -0.15) is 0 Å². The molecule has 4 rings (SSSR count). The maximum Gasteiger partial charge on any atom is 0.240 e. The molecule has 3 aromatic carbocycles. The fraction of sp³-hybridized carbons (Fsp3) is 0.0909. The normalized spacial score (nSPS) is 18.1. The first-order chi connectivity index (χ1) is 13.2. The van der Waals surface area contributed by atoms with Gasteiger partial charge in [-0.1, -0.05) is 88.4 Å². The van der Waals surface area contributed by atoms with Gasteiger partial charge < -0.3 is 5.32 Å². The highest BCUT2D eigenvalue weighted by Gasteiger charge is 2.38. The standard InChI is InChI=1S/C22H17BrN2OS/c23-17-11-13-18(14-12-17)24-22-25-21(26)20(27-22)19(15-7-3-1-4-8-15)16-9-5-2-6-10-16/h1-14,19-20H,(H,24,25,26). The Kier molecular flexibility index (Phi) is 5.41. The van der Waals surface area contributed by atoms with Gasteiger partial charge in [0.05, 0.1) is 5.69 Å². The maximum absolute atomic E-state index is 12.8. The molecule has 0 bridgehead atoms. The lowest BCUT2D eigenvalue weighted by Gasteiger charge is -2.21. The van der Waals surface area contributed by atoms with Crippen LogP contribution < -0.4 is 5.32 Å². The molecule has 1 N–H and O–H groups in total. The average Bonchev–Trinajstić information content (AvgIpc) is 3.05. The van der Waals surface area contributed by atoms with Gasteiger partial charge in [-0.05, 0) is 35.4 Å². The van der Waals surface area contributed by atoms with Gasteiger partial charge in [-0.3, -0.25) is 4.79 Å². The van der Waals surface area contributed by atoms with Crippen LogP contribution in [-0.4, -0.2) is 16.3 Å². The molecule has 1 aliphatic rings. The molecule has 0 aromatic heterocycles. The Labute approximate surface area is 171 Å². The fourth-order valence-corrected chi connectivity index (χ4v) is 4.59. The SMILES string of the molecule is O=C1NC(=Nc2ccc(Br)cc2)SC1C(c1ccccc1)c1ccccc1. The third-order valence-electron chi connectivity index (χ3n) is 4.40. The van der Waals surface area contributed by atoms with E-state index in [-0.39, 0.29) is 17.1 Å². The summed E-state index contributed by atoms with van der Waals surface area (Å²) in [6.07, 6.45) is 0. The Morgan fingerprint density at radius 3 is 1.96 bits per heavy atom. The van der Waals surface area contributed by atoms with Gasteiger partial charge in [0.15, 0.2) is 5.17 Å². The molecule has 134 valence electrons. The van der Waals surface area contributed by atoms with Crippen molar-refractivity contribution in [2.75, 3.05) is 0 Å². The van der Waals surface area contributed by atoms with Gasteiger partial charge in [0.1, 0.15) is 5.25 Å². The number of hydrogen-bond acceptors (Lipinski definition) is 3. The van der Waals surface area contributed by atoms with Gasteiger partial charge in [0.25, 0.3) is 0 Å². The number of aliphatic imine (C=N–C) groups is 1. The average molecular weight is 437 g/mol. The van der Waals surface area contributed by atoms with Crippen LogP contribution in [0.4, 0.5) is 5.69 Å². The lowest BCUT2D eigenvalue weighted by molar-refractivity contribution is -0.119. The molecular formula is C22H17BrN2OS. The second kappa shape index (κ2) is 8.11. The van der Waals surface area contributed by atoms with E-state index in [1.54, 1.807) is 0 Å². The van der Waals surface area contributed by atoms with Crippen LogP contribution in [0.25, 0.3) is 0 Å². The molecule has 0 radical (unpaired) electrons. The molecule has 27 heavy (non-hydrogen) atoms. The molecule has 3 nitrogen and oxygen atoms in total. The molecule has 0 saturated carbocycles. The summed E-state index contributed by atoms with van der Waals surface area (Å²) >= 11 is 4.92. The predicted molar refractivity (Wildman–Crippen MR) is 115 cm³/mol. The van der Waals surface area contributed by atoms with Crippen LogP contribution in [0.5, 0.6) is 0 Å². The van der Waals surface area contributed by atoms with Crippen LogP contribution in [0.2, 0.25) is 0 Å². The summed E-state index contributed by atoms with van der Waals surface area (Å²) in [5.74, 6) is -0.0383. The van der Waals surface area contributed by atoms with Crippen molar-refractivity contribution in [2.45, 2.75) is 11.2 Å². The summed E-state index contributed by atoms with van der Waals surface area (Å²) in [4.78, 5) is 17.4. The molecule has 1 heterocycles. The predicted octanol–water partition coefficient (Wildman–Crippen LogP) is 5.50. The Balaban J connectivity index is 1.67. The van der Waals surface area contributed by atoms with Crippen molar-refractivity contribution in [3.63, 3.8) is 0 Å². The molecule has 1 saturated heterocycles. The highest BCUT2D eigenvalue weighted by atomic mass is 79.9. The second-order valence-corrected chi connectivity index (χ2v) is 8.27. The van der Waals surface area contributed by atoms with Crippen LogP contribution in [-0.2, 0) is 4.79 Å². The van der Waals surface area contributed by atoms with Gasteiger partial charge in [-0.15, -0.1) is 0 Å². The summed E-state index contributed by atoms with van der Waals surface area (Å²) in [5.41, 5.74) is 3.07. The van der Waals surface area contributed by atoms with Crippen LogP contribution >= 0.6 is 27.7 Å². The zero-order valence-electron chi connectivity index (χ0n) is 14.4. The number of rotatable bonds is 4. The lowest BCUT2D eigenvalue weighted by Crippen LogP contribution is -2.29. The van der Waals surface area contributed by atoms with Crippen LogP contribution in [0.15, 0.2) is 94.4 Å². The Morgan fingerprint density at radius 1 is 0.852 bits per heavy atom. The molecule has 3 aromatic rings. The number of hydrogen-bond donors (Lipinski definition) is 1. The molecular weight excluding hydrogens is 420 g/mol. The van der Waals surface area contributed by atoms with E-state index in [0.717, 1.165) is 21.3 Å². The van der Waals surface area contributed by atoms with E-state index in [1.165, 1.54) is 11.8 Å². The summed E-state index contributed by atoms with van der Waals surface area (Å²) < 4.78 is 1.00. The zero-order chi connectivity index (χ0) is 18.6. The summed E-state index contributed by atoms with van der Waals surface area (Å²) in [6, 6.07) is 28.1. The van der Waals surface area contributed by atoms with E-state index >= 15 is 0 Å². The summed E-state index contributed by atoms with van der Waals surface area (Å²) in [5, 5.41) is 3.33. The second-order valence-electron chi connectivity index (χ2n) is 6.22. The highest BCUT2D eigenvalue weighted by molar-refractivity contribution is 9.10. The quantitative estimate of drug-likeness (QED) is 0.586. The number of carbonyl (C=O) groups excluding carboxylic acids is 1. The van der Waals surface area contributed by atoms with Crippen molar-refractivity contribution < 1.29 is 4.79 Å². The van der Waals surface area contributed by atoms with Crippen molar-refractivity contribution in [3.05, 3.63) is 101 Å². The number of benzene rings is 3. The van der Waals surface area contributed by atoms with E-state index in [1.807, 2.05) is 60.7 Å². The smallest absolute Gasteiger partial charge is 0.240 e. The fourth-order valence-electron chi connectivity index (χ4n) is 3.15. The van der Waals surface area contributed by atoms with E-state index in [9.17, 15) is 4.79 Å². The number of nitrogens with one attached hydrogen (secondary N) is 1. The van der Waals surface area contributed by atoms with Gasteiger partial charge in [-0.25, -0.2) is 4.99 Å². The first-order valence-corrected chi connectivity index (χ1v) is 10.3. The van der Waals surface area contributed by atoms with Crippen molar-refractivity contribution in [1.82, 2.24) is 5.32 Å². The Bertz CT molecular complexity index is 919. The van der Waals surface area contributed by atoms with Gasteiger partial charge >= 0.3 is 0 Å². The molecule has 1 unspecified atom stereocenters. The van der Waals surface area contributed by atoms with Crippen molar-refractivity contribution >= 4 is 44.5 Å². The zero-order valence-corrected chi connectivity index (χ0v) is 16.8. The van der Waals surface area contributed by atoms with Crippen molar-refractivity contribution in [3.8, 4) is 0 Å². The van der Waals surface area contributed by atoms with Crippen molar-refractivity contribution in [1.29, 1.82) is 0 Å². The lowest BCUT2D eigenvalue weighted by atomic mass is 9.88. The third-order valence-corrected chi connectivity index (χ3v) is 6.09.